The van der Waals surface area contributed by atoms with Crippen molar-refractivity contribution in [3.05, 3.63) is 28.1 Å². The monoisotopic (exact) mass is 260 g/mol. The largest absolute Gasteiger partial charge is 0.482 e. The summed E-state index contributed by atoms with van der Waals surface area (Å²) in [5, 5.41) is 0.600. The van der Waals surface area contributed by atoms with Gasteiger partial charge in [0, 0.05) is 5.56 Å². The molecule has 0 radical (unpaired) electrons. The first-order valence-corrected chi connectivity index (χ1v) is 6.77. The van der Waals surface area contributed by atoms with Crippen molar-refractivity contribution in [3.63, 3.8) is 0 Å². The number of nitrogens with two attached hydrogens (primary N) is 1. The lowest BCUT2D eigenvalue weighted by Crippen LogP contribution is -2.28. The topological polar surface area (TPSA) is 48.1 Å². The van der Waals surface area contributed by atoms with E-state index in [1.165, 1.54) is 22.5 Å². The number of hydrogen-bond acceptors (Lipinski definition) is 4. The van der Waals surface area contributed by atoms with E-state index in [0.717, 1.165) is 21.9 Å². The van der Waals surface area contributed by atoms with Gasteiger partial charge in [0.2, 0.25) is 0 Å². The van der Waals surface area contributed by atoms with E-state index < -0.39 is 0 Å². The zero-order valence-corrected chi connectivity index (χ0v) is 11.8. The van der Waals surface area contributed by atoms with Gasteiger partial charge >= 0.3 is 0 Å². The van der Waals surface area contributed by atoms with Gasteiger partial charge in [-0.2, -0.15) is 0 Å². The Bertz CT molecular complexity index is 643. The second-order valence-electron chi connectivity index (χ2n) is 5.27. The number of aromatic nitrogens is 1. The van der Waals surface area contributed by atoms with Crippen LogP contribution in [0, 0.1) is 13.8 Å². The second-order valence-corrected chi connectivity index (χ2v) is 6.31. The van der Waals surface area contributed by atoms with Gasteiger partial charge in [0.15, 0.2) is 5.13 Å². The first-order valence-electron chi connectivity index (χ1n) is 5.96. The van der Waals surface area contributed by atoms with Crippen LogP contribution in [0.3, 0.4) is 0 Å². The second kappa shape index (κ2) is 3.48. The third-order valence-corrected chi connectivity index (χ3v) is 4.60. The van der Waals surface area contributed by atoms with Crippen LogP contribution in [0.25, 0.3) is 11.3 Å². The minimum Gasteiger partial charge on any atom is -0.482 e. The molecule has 1 aliphatic heterocycles. The molecule has 1 aliphatic rings. The minimum atomic E-state index is -0.362. The summed E-state index contributed by atoms with van der Waals surface area (Å²) in [4.78, 5) is 5.58. The van der Waals surface area contributed by atoms with Crippen LogP contribution >= 0.6 is 11.3 Å². The van der Waals surface area contributed by atoms with Gasteiger partial charge in [-0.3, -0.25) is 0 Å². The van der Waals surface area contributed by atoms with Gasteiger partial charge in [-0.25, -0.2) is 4.98 Å². The van der Waals surface area contributed by atoms with E-state index in [9.17, 15) is 0 Å². The molecule has 1 aromatic heterocycles. The van der Waals surface area contributed by atoms with Gasteiger partial charge in [0.25, 0.3) is 0 Å². The predicted octanol–water partition coefficient (Wildman–Crippen LogP) is 3.64. The highest BCUT2D eigenvalue weighted by molar-refractivity contribution is 7.16. The molecule has 2 heterocycles. The Morgan fingerprint density at radius 2 is 1.89 bits per heavy atom. The lowest BCUT2D eigenvalue weighted by molar-refractivity contribution is 0.109. The van der Waals surface area contributed by atoms with Crippen LogP contribution in [-0.2, 0) is 5.60 Å². The molecule has 3 nitrogen and oxygen atoms in total. The molecule has 18 heavy (non-hydrogen) atoms. The maximum absolute atomic E-state index is 6.11. The molecule has 0 amide bonds. The van der Waals surface area contributed by atoms with Crippen molar-refractivity contribution in [2.45, 2.75) is 33.3 Å². The van der Waals surface area contributed by atoms with Crippen LogP contribution in [0.15, 0.2) is 12.1 Å². The number of anilines is 1. The number of aryl methyl sites for hydroxylation is 2. The predicted molar refractivity (Wildman–Crippen MR) is 75.1 cm³/mol. The van der Waals surface area contributed by atoms with Gasteiger partial charge < -0.3 is 10.5 Å². The summed E-state index contributed by atoms with van der Waals surface area (Å²) in [6, 6.07) is 4.22. The molecule has 0 saturated heterocycles. The van der Waals surface area contributed by atoms with Gasteiger partial charge in [0.1, 0.15) is 11.4 Å². The lowest BCUT2D eigenvalue weighted by Gasteiger charge is -2.32. The summed E-state index contributed by atoms with van der Waals surface area (Å²) < 4.78 is 6.11. The number of thiazole rings is 1. The Kier molecular flexibility index (Phi) is 2.23. The minimum absolute atomic E-state index is 0.362. The van der Waals surface area contributed by atoms with E-state index in [-0.39, 0.29) is 5.60 Å². The molecular formula is C14H16N2OS. The zero-order valence-electron chi connectivity index (χ0n) is 11.0. The Morgan fingerprint density at radius 3 is 2.61 bits per heavy atom. The summed E-state index contributed by atoms with van der Waals surface area (Å²) >= 11 is 1.51. The van der Waals surface area contributed by atoms with Crippen molar-refractivity contribution >= 4 is 16.5 Å². The van der Waals surface area contributed by atoms with Crippen LogP contribution in [-0.4, -0.2) is 4.98 Å². The first kappa shape index (κ1) is 11.5. The molecule has 1 aromatic carbocycles. The Hall–Kier alpha value is -1.55. The van der Waals surface area contributed by atoms with Gasteiger partial charge in [-0.15, -0.1) is 0 Å². The zero-order chi connectivity index (χ0) is 13.1. The van der Waals surface area contributed by atoms with Crippen LogP contribution in [0.2, 0.25) is 0 Å². The molecule has 4 heteroatoms. The fraction of sp³-hybridized carbons (Fsp3) is 0.357. The normalized spacial score (nSPS) is 15.8. The molecule has 2 N–H and O–H groups in total. The highest BCUT2D eigenvalue weighted by Crippen LogP contribution is 2.48. The quantitative estimate of drug-likeness (QED) is 0.786. The Balaban J connectivity index is 2.32. The average Bonchev–Trinajstić information content (AvgIpc) is 2.65. The molecule has 3 rings (SSSR count). The summed E-state index contributed by atoms with van der Waals surface area (Å²) in [6.45, 7) is 8.31. The summed E-state index contributed by atoms with van der Waals surface area (Å²) in [6.07, 6.45) is 0. The van der Waals surface area contributed by atoms with Gasteiger partial charge in [0.05, 0.1) is 10.6 Å². The number of nitrogen functional groups attached to an aromatic ring is 1. The van der Waals surface area contributed by atoms with Gasteiger partial charge in [-0.1, -0.05) is 11.3 Å². The fourth-order valence-electron chi connectivity index (χ4n) is 2.31. The fourth-order valence-corrected chi connectivity index (χ4v) is 3.19. The van der Waals surface area contributed by atoms with E-state index >= 15 is 0 Å². The van der Waals surface area contributed by atoms with Crippen LogP contribution < -0.4 is 10.5 Å². The van der Waals surface area contributed by atoms with Crippen LogP contribution in [0.4, 0.5) is 5.13 Å². The molecule has 0 aliphatic carbocycles. The van der Waals surface area contributed by atoms with E-state index in [4.69, 9.17) is 10.5 Å². The maximum atomic E-state index is 6.11. The molecule has 0 spiro atoms. The lowest BCUT2D eigenvalue weighted by atomic mass is 9.94. The van der Waals surface area contributed by atoms with E-state index in [2.05, 4.69) is 44.8 Å². The SMILES string of the molecule is Cc1cc2c(cc1C)-c1nc(N)sc1C(C)(C)O2. The van der Waals surface area contributed by atoms with Crippen LogP contribution in [0.1, 0.15) is 29.9 Å². The highest BCUT2D eigenvalue weighted by atomic mass is 32.1. The van der Waals surface area contributed by atoms with Crippen LogP contribution in [0.5, 0.6) is 5.75 Å². The number of hydrogen-bond donors (Lipinski definition) is 1. The Labute approximate surface area is 111 Å². The maximum Gasteiger partial charge on any atom is 0.180 e. The van der Waals surface area contributed by atoms with E-state index in [1.807, 2.05) is 0 Å². The number of fused-ring (bicyclic) bond motifs is 3. The first-order chi connectivity index (χ1) is 8.38. The van der Waals surface area contributed by atoms with Crippen molar-refractivity contribution < 1.29 is 4.74 Å². The smallest absolute Gasteiger partial charge is 0.180 e. The number of benzene rings is 1. The van der Waals surface area contributed by atoms with E-state index in [0.29, 0.717) is 5.13 Å². The van der Waals surface area contributed by atoms with Crippen molar-refractivity contribution in [1.29, 1.82) is 0 Å². The standard InChI is InChI=1S/C14H16N2OS/c1-7-5-9-10(6-8(7)2)17-14(3,4)12-11(9)16-13(15)18-12/h5-6H,1-4H3,(H2,15,16). The average molecular weight is 260 g/mol. The highest BCUT2D eigenvalue weighted by Gasteiger charge is 2.36. The third-order valence-electron chi connectivity index (χ3n) is 3.41. The Morgan fingerprint density at radius 1 is 1.22 bits per heavy atom. The van der Waals surface area contributed by atoms with Crippen molar-refractivity contribution in [2.24, 2.45) is 0 Å². The van der Waals surface area contributed by atoms with Crippen molar-refractivity contribution in [1.82, 2.24) is 4.98 Å². The summed E-state index contributed by atoms with van der Waals surface area (Å²) in [5.74, 6) is 0.904. The molecule has 0 unspecified atom stereocenters. The molecule has 0 saturated carbocycles. The van der Waals surface area contributed by atoms with Crippen molar-refractivity contribution in [2.75, 3.05) is 5.73 Å². The molecule has 0 fully saturated rings. The molecule has 0 atom stereocenters. The molecule has 2 aromatic rings. The number of rotatable bonds is 0. The molecule has 94 valence electrons. The third kappa shape index (κ3) is 1.52. The number of ether oxygens (including phenoxy) is 1. The van der Waals surface area contributed by atoms with Gasteiger partial charge in [-0.05, 0) is 51.0 Å². The van der Waals surface area contributed by atoms with Crippen molar-refractivity contribution in [3.8, 4) is 17.0 Å². The summed E-state index contributed by atoms with van der Waals surface area (Å²) in [7, 11) is 0. The van der Waals surface area contributed by atoms with E-state index in [1.54, 1.807) is 0 Å². The number of nitrogens with zero attached hydrogens (tertiary/aromatic N) is 1. The molecule has 0 bridgehead atoms. The summed E-state index contributed by atoms with van der Waals surface area (Å²) in [5.41, 5.74) is 10.0. The molecular weight excluding hydrogens is 244 g/mol.